The zero-order valence-electron chi connectivity index (χ0n) is 24.3. The summed E-state index contributed by atoms with van der Waals surface area (Å²) in [5.74, 6) is -0.843. The van der Waals surface area contributed by atoms with Crippen LogP contribution in [0.4, 0.5) is 10.1 Å². The Labute approximate surface area is 259 Å². The molecule has 2 aliphatic rings. The Balaban J connectivity index is 1.64. The van der Waals surface area contributed by atoms with Crippen LogP contribution < -0.4 is 4.90 Å². The fourth-order valence-electron chi connectivity index (χ4n) is 5.73. The number of hydrogen-bond donors (Lipinski definition) is 0. The van der Waals surface area contributed by atoms with Gasteiger partial charge in [0.2, 0.25) is 0 Å². The van der Waals surface area contributed by atoms with Crippen molar-refractivity contribution in [2.45, 2.75) is 71.1 Å². The zero-order valence-corrected chi connectivity index (χ0v) is 26.5. The topological polar surface area (TPSA) is 72.6 Å². The number of rotatable bonds is 6. The van der Waals surface area contributed by atoms with Crippen LogP contribution in [-0.4, -0.2) is 29.2 Å². The molecule has 1 aliphatic carbocycles. The Kier molecular flexibility index (Phi) is 7.78. The lowest BCUT2D eigenvalue weighted by molar-refractivity contribution is -0.148. The second kappa shape index (κ2) is 10.7. The minimum atomic E-state index is -2.04. The number of alkyl halides is 1. The molecule has 1 saturated carbocycles. The quantitative estimate of drug-likeness (QED) is 0.200. The molecule has 0 spiro atoms. The van der Waals surface area contributed by atoms with E-state index in [1.165, 1.54) is 32.1 Å². The third kappa shape index (κ3) is 5.71. The van der Waals surface area contributed by atoms with Gasteiger partial charge in [0.25, 0.3) is 5.91 Å². The normalized spacial score (nSPS) is 19.0. The summed E-state index contributed by atoms with van der Waals surface area (Å²) in [5.41, 5.74) is -0.442. The van der Waals surface area contributed by atoms with Crippen LogP contribution in [0.5, 0.6) is 0 Å². The number of esters is 1. The van der Waals surface area contributed by atoms with Crippen LogP contribution in [0.25, 0.3) is 17.3 Å². The summed E-state index contributed by atoms with van der Waals surface area (Å²) in [6.45, 7) is 10.5. The van der Waals surface area contributed by atoms with Crippen LogP contribution >= 0.6 is 34.8 Å². The zero-order chi connectivity index (χ0) is 30.8. The van der Waals surface area contributed by atoms with Crippen molar-refractivity contribution in [2.24, 2.45) is 5.92 Å². The third-order valence-electron chi connectivity index (χ3n) is 7.64. The molecule has 1 amide bonds. The standard InChI is InChI=1S/C32H32Cl3FN2O4/c1-30(2,3)41-23(39)13-10-17-8-7-9-22-26(17)32(6,18-11-12-18)16-38(22)29(40)25-27(37-42-28(25)31(4,5)36)24-20(34)14-19(33)15-21(24)35/h7-10,13-15,18H,11-12,16H2,1-6H3/b13-10+. The Morgan fingerprint density at radius 2 is 1.76 bits per heavy atom. The number of carbonyl (C=O) groups excluding carboxylic acids is 2. The summed E-state index contributed by atoms with van der Waals surface area (Å²) in [5, 5.41) is 4.70. The number of amides is 1. The molecular formula is C32H32Cl3FN2O4. The average Bonchev–Trinajstić information content (AvgIpc) is 3.55. The van der Waals surface area contributed by atoms with Crippen LogP contribution in [0, 0.1) is 5.92 Å². The van der Waals surface area contributed by atoms with Gasteiger partial charge in [-0.1, -0.05) is 59.0 Å². The van der Waals surface area contributed by atoms with Gasteiger partial charge in [-0.2, -0.15) is 0 Å². The van der Waals surface area contributed by atoms with Gasteiger partial charge in [0.1, 0.15) is 16.9 Å². The largest absolute Gasteiger partial charge is 0.457 e. The van der Waals surface area contributed by atoms with Crippen molar-refractivity contribution in [3.05, 3.63) is 73.9 Å². The van der Waals surface area contributed by atoms with Gasteiger partial charge in [0.05, 0.1) is 10.0 Å². The van der Waals surface area contributed by atoms with E-state index in [9.17, 15) is 9.59 Å². The molecule has 5 rings (SSSR count). The van der Waals surface area contributed by atoms with Gasteiger partial charge < -0.3 is 14.2 Å². The number of fused-ring (bicyclic) bond motifs is 1. The van der Waals surface area contributed by atoms with Gasteiger partial charge in [-0.05, 0) is 88.8 Å². The first-order valence-electron chi connectivity index (χ1n) is 13.7. The Bertz CT molecular complexity index is 1590. The Hall–Kier alpha value is -2.87. The third-order valence-corrected chi connectivity index (χ3v) is 8.46. The summed E-state index contributed by atoms with van der Waals surface area (Å²) < 4.78 is 26.5. The predicted molar refractivity (Wildman–Crippen MR) is 164 cm³/mol. The summed E-state index contributed by atoms with van der Waals surface area (Å²) in [4.78, 5) is 28.7. The van der Waals surface area contributed by atoms with Gasteiger partial charge in [0.15, 0.2) is 11.4 Å². The predicted octanol–water partition coefficient (Wildman–Crippen LogP) is 9.19. The van der Waals surface area contributed by atoms with Gasteiger partial charge >= 0.3 is 5.97 Å². The van der Waals surface area contributed by atoms with E-state index >= 15 is 4.39 Å². The van der Waals surface area contributed by atoms with Crippen molar-refractivity contribution >= 4 is 58.4 Å². The maximum Gasteiger partial charge on any atom is 0.331 e. The molecule has 1 unspecified atom stereocenters. The van der Waals surface area contributed by atoms with Crippen molar-refractivity contribution in [3.63, 3.8) is 0 Å². The lowest BCUT2D eigenvalue weighted by Gasteiger charge is -2.27. The number of benzene rings is 2. The number of nitrogens with zero attached hydrogens (tertiary/aromatic N) is 2. The maximum absolute atomic E-state index is 15.5. The average molecular weight is 634 g/mol. The number of hydrogen-bond acceptors (Lipinski definition) is 5. The van der Waals surface area contributed by atoms with Crippen LogP contribution in [-0.2, 0) is 20.6 Å². The highest BCUT2D eigenvalue weighted by atomic mass is 35.5. The second-order valence-electron chi connectivity index (χ2n) is 12.6. The van der Waals surface area contributed by atoms with Crippen molar-refractivity contribution < 1.29 is 23.2 Å². The summed E-state index contributed by atoms with van der Waals surface area (Å²) in [6, 6.07) is 8.57. The first-order chi connectivity index (χ1) is 19.5. The molecule has 1 fully saturated rings. The van der Waals surface area contributed by atoms with E-state index in [-0.39, 0.29) is 32.6 Å². The summed E-state index contributed by atoms with van der Waals surface area (Å²) in [7, 11) is 0. The molecule has 222 valence electrons. The minimum absolute atomic E-state index is 0.0370. The van der Waals surface area contributed by atoms with Crippen LogP contribution in [0.15, 0.2) is 40.9 Å². The maximum atomic E-state index is 15.5. The van der Waals surface area contributed by atoms with Crippen molar-refractivity contribution in [1.82, 2.24) is 5.16 Å². The molecule has 2 heterocycles. The highest BCUT2D eigenvalue weighted by Crippen LogP contribution is 2.56. The molecule has 10 heteroatoms. The number of ether oxygens (including phenoxy) is 1. The molecule has 1 aliphatic heterocycles. The fraction of sp³-hybridized carbons (Fsp3) is 0.406. The second-order valence-corrected chi connectivity index (χ2v) is 13.9. The first-order valence-corrected chi connectivity index (χ1v) is 14.8. The Morgan fingerprint density at radius 1 is 1.12 bits per heavy atom. The van der Waals surface area contributed by atoms with Crippen LogP contribution in [0.1, 0.15) is 81.6 Å². The van der Waals surface area contributed by atoms with E-state index in [1.54, 1.807) is 11.0 Å². The van der Waals surface area contributed by atoms with E-state index in [0.717, 1.165) is 24.0 Å². The monoisotopic (exact) mass is 632 g/mol. The molecule has 1 aromatic heterocycles. The highest BCUT2D eigenvalue weighted by Gasteiger charge is 2.52. The van der Waals surface area contributed by atoms with Crippen LogP contribution in [0.3, 0.4) is 0 Å². The molecule has 1 atom stereocenters. The Morgan fingerprint density at radius 3 is 2.33 bits per heavy atom. The number of aromatic nitrogens is 1. The molecule has 0 saturated heterocycles. The summed E-state index contributed by atoms with van der Waals surface area (Å²) >= 11 is 19.1. The van der Waals surface area contributed by atoms with Crippen molar-refractivity contribution in [1.29, 1.82) is 0 Å². The molecule has 42 heavy (non-hydrogen) atoms. The molecule has 0 bridgehead atoms. The minimum Gasteiger partial charge on any atom is -0.457 e. The fourth-order valence-corrected chi connectivity index (χ4v) is 6.73. The van der Waals surface area contributed by atoms with Crippen molar-refractivity contribution in [2.75, 3.05) is 11.4 Å². The van der Waals surface area contributed by atoms with Gasteiger partial charge in [-0.15, -0.1) is 0 Å². The molecule has 0 radical (unpaired) electrons. The smallest absolute Gasteiger partial charge is 0.331 e. The molecule has 2 aromatic carbocycles. The van der Waals surface area contributed by atoms with Gasteiger partial charge in [0, 0.05) is 34.3 Å². The van der Waals surface area contributed by atoms with Crippen molar-refractivity contribution in [3.8, 4) is 11.3 Å². The number of halogens is 4. The van der Waals surface area contributed by atoms with Gasteiger partial charge in [-0.25, -0.2) is 9.18 Å². The molecule has 3 aromatic rings. The van der Waals surface area contributed by atoms with E-state index in [4.69, 9.17) is 44.1 Å². The van der Waals surface area contributed by atoms with Crippen LogP contribution in [0.2, 0.25) is 15.1 Å². The first kappa shape index (κ1) is 30.6. The molecule has 0 N–H and O–H groups in total. The highest BCUT2D eigenvalue weighted by molar-refractivity contribution is 6.42. The molecule has 6 nitrogen and oxygen atoms in total. The number of anilines is 1. The molecular weight excluding hydrogens is 602 g/mol. The van der Waals surface area contributed by atoms with E-state index in [1.807, 2.05) is 39.0 Å². The van der Waals surface area contributed by atoms with Gasteiger partial charge in [-0.3, -0.25) is 4.79 Å². The number of carbonyl (C=O) groups is 2. The summed E-state index contributed by atoms with van der Waals surface area (Å²) in [6.07, 6.45) is 5.17. The van der Waals surface area contributed by atoms with E-state index in [0.29, 0.717) is 23.2 Å². The SMILES string of the molecule is CC(C)(C)OC(=O)/C=C/c1cccc2c1C(C)(C1CC1)CN2C(=O)c1c(-c2c(Cl)cc(Cl)cc2Cl)noc1C(C)(C)F. The van der Waals surface area contributed by atoms with E-state index < -0.39 is 28.6 Å². The lowest BCUT2D eigenvalue weighted by Crippen LogP contribution is -2.37. The lowest BCUT2D eigenvalue weighted by atomic mass is 9.77. The van der Waals surface area contributed by atoms with E-state index in [2.05, 4.69) is 12.1 Å².